The van der Waals surface area contributed by atoms with Gasteiger partial charge in [-0.15, -0.1) is 0 Å². The van der Waals surface area contributed by atoms with Crippen LogP contribution in [0.2, 0.25) is 0 Å². The largest absolute Gasteiger partial charge is 0.481 e. The molecule has 0 heterocycles. The predicted molar refractivity (Wildman–Crippen MR) is 97.2 cm³/mol. The minimum Gasteiger partial charge on any atom is -0.481 e. The molecule has 0 radical (unpaired) electrons. The normalized spacial score (nSPS) is 11.0. The van der Waals surface area contributed by atoms with Crippen LogP contribution in [-0.4, -0.2) is 32.7 Å². The summed E-state index contributed by atoms with van der Waals surface area (Å²) in [6.45, 7) is 2.01. The smallest absolute Gasteiger partial charge is 0.261 e. The number of hydrogen-bond donors (Lipinski definition) is 1. The molecule has 0 aromatic heterocycles. The number of carbonyl (C=O) groups is 1. The van der Waals surface area contributed by atoms with Crippen molar-refractivity contribution < 1.29 is 9.53 Å². The van der Waals surface area contributed by atoms with E-state index in [1.165, 1.54) is 0 Å². The molecule has 0 saturated carbocycles. The molecule has 0 bridgehead atoms. The van der Waals surface area contributed by atoms with Gasteiger partial charge in [0, 0.05) is 25.3 Å². The van der Waals surface area contributed by atoms with Crippen molar-refractivity contribution in [3.8, 4) is 17.6 Å². The molecule has 2 rings (SSSR count). The Labute approximate surface area is 143 Å². The molecule has 1 atom stereocenters. The maximum atomic E-state index is 12.0. The standard InChI is InChI=1S/C20H22N2O2/c1-16(24-19-9-5-4-6-10-19)20(23)21-15-7-8-17-11-13-18(14-12-17)22(2)3/h4-6,9-14,16H,15H2,1-3H3,(H,21,23). The fourth-order valence-electron chi connectivity index (χ4n) is 2.02. The maximum absolute atomic E-state index is 12.0. The van der Waals surface area contributed by atoms with E-state index in [9.17, 15) is 4.79 Å². The number of anilines is 1. The molecule has 4 nitrogen and oxygen atoms in total. The van der Waals surface area contributed by atoms with Crippen molar-refractivity contribution in [3.63, 3.8) is 0 Å². The fraction of sp³-hybridized carbons (Fsp3) is 0.250. The molecular weight excluding hydrogens is 300 g/mol. The van der Waals surface area contributed by atoms with Crippen LogP contribution in [0.4, 0.5) is 5.69 Å². The van der Waals surface area contributed by atoms with E-state index in [0.29, 0.717) is 5.75 Å². The first kappa shape index (κ1) is 17.4. The van der Waals surface area contributed by atoms with E-state index in [1.807, 2.05) is 73.6 Å². The summed E-state index contributed by atoms with van der Waals surface area (Å²) in [6, 6.07) is 17.2. The lowest BCUT2D eigenvalue weighted by Crippen LogP contribution is -2.36. The Balaban J connectivity index is 1.80. The van der Waals surface area contributed by atoms with E-state index in [4.69, 9.17) is 4.74 Å². The first-order valence-corrected chi connectivity index (χ1v) is 7.82. The molecule has 1 N–H and O–H groups in total. The summed E-state index contributed by atoms with van der Waals surface area (Å²) >= 11 is 0. The zero-order valence-electron chi connectivity index (χ0n) is 14.2. The average Bonchev–Trinajstić information content (AvgIpc) is 2.59. The number of para-hydroxylation sites is 1. The molecule has 1 amide bonds. The lowest BCUT2D eigenvalue weighted by Gasteiger charge is -2.13. The Bertz CT molecular complexity index is 713. The highest BCUT2D eigenvalue weighted by Gasteiger charge is 2.13. The van der Waals surface area contributed by atoms with Crippen LogP contribution in [0.3, 0.4) is 0 Å². The van der Waals surface area contributed by atoms with E-state index in [0.717, 1.165) is 11.3 Å². The number of nitrogens with one attached hydrogen (secondary N) is 1. The number of nitrogens with zero attached hydrogens (tertiary/aromatic N) is 1. The SMILES string of the molecule is CC(Oc1ccccc1)C(=O)NCC#Cc1ccc(N(C)C)cc1. The molecule has 4 heteroatoms. The van der Waals surface area contributed by atoms with Gasteiger partial charge >= 0.3 is 0 Å². The zero-order chi connectivity index (χ0) is 17.4. The quantitative estimate of drug-likeness (QED) is 0.861. The van der Waals surface area contributed by atoms with Crippen LogP contribution in [0.25, 0.3) is 0 Å². The second kappa shape index (κ2) is 8.64. The molecule has 0 aliphatic heterocycles. The highest BCUT2D eigenvalue weighted by molar-refractivity contribution is 5.80. The van der Waals surface area contributed by atoms with Gasteiger partial charge in [-0.3, -0.25) is 4.79 Å². The van der Waals surface area contributed by atoms with Gasteiger partial charge in [0.2, 0.25) is 0 Å². The number of carbonyl (C=O) groups excluding carboxylic acids is 1. The zero-order valence-corrected chi connectivity index (χ0v) is 14.2. The van der Waals surface area contributed by atoms with Crippen molar-refractivity contribution in [1.82, 2.24) is 5.32 Å². The number of ether oxygens (including phenoxy) is 1. The Hall–Kier alpha value is -2.93. The first-order chi connectivity index (χ1) is 11.6. The Morgan fingerprint density at radius 3 is 2.42 bits per heavy atom. The van der Waals surface area contributed by atoms with E-state index < -0.39 is 6.10 Å². The molecule has 24 heavy (non-hydrogen) atoms. The Morgan fingerprint density at radius 1 is 1.12 bits per heavy atom. The summed E-state index contributed by atoms with van der Waals surface area (Å²) in [5.74, 6) is 6.47. The van der Waals surface area contributed by atoms with Crippen molar-refractivity contribution >= 4 is 11.6 Å². The van der Waals surface area contributed by atoms with Crippen molar-refractivity contribution in [2.75, 3.05) is 25.5 Å². The summed E-state index contributed by atoms with van der Waals surface area (Å²) in [5, 5.41) is 2.76. The lowest BCUT2D eigenvalue weighted by molar-refractivity contribution is -0.126. The number of amides is 1. The van der Waals surface area contributed by atoms with E-state index in [-0.39, 0.29) is 12.5 Å². The maximum Gasteiger partial charge on any atom is 0.261 e. The van der Waals surface area contributed by atoms with Gasteiger partial charge in [0.05, 0.1) is 6.54 Å². The molecule has 0 spiro atoms. The monoisotopic (exact) mass is 322 g/mol. The summed E-state index contributed by atoms with van der Waals surface area (Å²) in [6.07, 6.45) is -0.562. The molecule has 124 valence electrons. The van der Waals surface area contributed by atoms with Crippen molar-refractivity contribution in [1.29, 1.82) is 0 Å². The van der Waals surface area contributed by atoms with Crippen molar-refractivity contribution in [2.45, 2.75) is 13.0 Å². The third-order valence-corrected chi connectivity index (χ3v) is 3.39. The average molecular weight is 322 g/mol. The van der Waals surface area contributed by atoms with Crippen LogP contribution in [0.15, 0.2) is 54.6 Å². The highest BCUT2D eigenvalue weighted by Crippen LogP contribution is 2.11. The van der Waals surface area contributed by atoms with Crippen molar-refractivity contribution in [3.05, 3.63) is 60.2 Å². The Morgan fingerprint density at radius 2 is 1.79 bits per heavy atom. The summed E-state index contributed by atoms with van der Waals surface area (Å²) in [5.41, 5.74) is 2.05. The molecule has 0 aliphatic carbocycles. The third-order valence-electron chi connectivity index (χ3n) is 3.39. The molecule has 1 unspecified atom stereocenters. The van der Waals surface area contributed by atoms with Gasteiger partial charge in [-0.25, -0.2) is 0 Å². The van der Waals surface area contributed by atoms with Crippen LogP contribution in [-0.2, 0) is 4.79 Å². The molecule has 2 aromatic carbocycles. The van der Waals surface area contributed by atoms with Gasteiger partial charge in [-0.1, -0.05) is 30.0 Å². The van der Waals surface area contributed by atoms with E-state index in [2.05, 4.69) is 17.2 Å². The number of rotatable bonds is 5. The molecule has 0 aliphatic rings. The fourth-order valence-corrected chi connectivity index (χ4v) is 2.02. The highest BCUT2D eigenvalue weighted by atomic mass is 16.5. The van der Waals surface area contributed by atoms with Gasteiger partial charge in [-0.2, -0.15) is 0 Å². The number of benzene rings is 2. The van der Waals surface area contributed by atoms with Gasteiger partial charge in [0.25, 0.3) is 5.91 Å². The summed E-state index contributed by atoms with van der Waals surface area (Å²) in [7, 11) is 3.99. The van der Waals surface area contributed by atoms with Crippen LogP contribution >= 0.6 is 0 Å². The van der Waals surface area contributed by atoms with E-state index >= 15 is 0 Å². The van der Waals surface area contributed by atoms with Gasteiger partial charge in [0.15, 0.2) is 6.10 Å². The predicted octanol–water partition coefficient (Wildman–Crippen LogP) is 2.69. The van der Waals surface area contributed by atoms with Gasteiger partial charge < -0.3 is 15.0 Å². The Kier molecular flexibility index (Phi) is 6.27. The second-order valence-corrected chi connectivity index (χ2v) is 5.53. The molecular formula is C20H22N2O2. The number of hydrogen-bond acceptors (Lipinski definition) is 3. The van der Waals surface area contributed by atoms with Crippen LogP contribution in [0.1, 0.15) is 12.5 Å². The molecule has 0 fully saturated rings. The molecule has 2 aromatic rings. The van der Waals surface area contributed by atoms with Crippen molar-refractivity contribution in [2.24, 2.45) is 0 Å². The van der Waals surface area contributed by atoms with Gasteiger partial charge in [0.1, 0.15) is 5.75 Å². The first-order valence-electron chi connectivity index (χ1n) is 7.82. The minimum absolute atomic E-state index is 0.184. The molecule has 0 saturated heterocycles. The summed E-state index contributed by atoms with van der Waals surface area (Å²) < 4.78 is 5.56. The van der Waals surface area contributed by atoms with Gasteiger partial charge in [-0.05, 0) is 43.3 Å². The summed E-state index contributed by atoms with van der Waals surface area (Å²) in [4.78, 5) is 14.0. The van der Waals surface area contributed by atoms with Crippen LogP contribution in [0, 0.1) is 11.8 Å². The van der Waals surface area contributed by atoms with Crippen LogP contribution < -0.4 is 15.0 Å². The third kappa shape index (κ3) is 5.36. The van der Waals surface area contributed by atoms with Crippen LogP contribution in [0.5, 0.6) is 5.75 Å². The second-order valence-electron chi connectivity index (χ2n) is 5.53. The van der Waals surface area contributed by atoms with E-state index in [1.54, 1.807) is 6.92 Å². The topological polar surface area (TPSA) is 41.6 Å². The minimum atomic E-state index is -0.562. The lowest BCUT2D eigenvalue weighted by atomic mass is 10.2.